The number of carboxylic acids is 1. The third kappa shape index (κ3) is 7.44. The van der Waals surface area contributed by atoms with Crippen LogP contribution in [0.5, 0.6) is 0 Å². The van der Waals surface area contributed by atoms with Gasteiger partial charge in [0.25, 0.3) is 0 Å². The fourth-order valence-electron chi connectivity index (χ4n) is 1.13. The summed E-state index contributed by atoms with van der Waals surface area (Å²) >= 11 is 0. The average molecular weight is 260 g/mol. The SMILES string of the molecule is CCN(C)CCNC(=O)NC(CC(N)=O)C(=O)O. The highest BCUT2D eigenvalue weighted by atomic mass is 16.4. The molecule has 0 fully saturated rings. The highest BCUT2D eigenvalue weighted by molar-refractivity contribution is 5.87. The molecule has 0 aliphatic rings. The number of likely N-dealkylation sites (N-methyl/N-ethyl adjacent to an activating group) is 1. The summed E-state index contributed by atoms with van der Waals surface area (Å²) in [5.74, 6) is -2.08. The molecule has 0 aromatic rings. The lowest BCUT2D eigenvalue weighted by atomic mass is 10.2. The van der Waals surface area contributed by atoms with Gasteiger partial charge in [-0.05, 0) is 13.6 Å². The summed E-state index contributed by atoms with van der Waals surface area (Å²) < 4.78 is 0. The van der Waals surface area contributed by atoms with Gasteiger partial charge in [0.15, 0.2) is 0 Å². The molecule has 1 unspecified atom stereocenters. The van der Waals surface area contributed by atoms with Gasteiger partial charge in [0.2, 0.25) is 5.91 Å². The Labute approximate surface area is 106 Å². The van der Waals surface area contributed by atoms with Gasteiger partial charge in [-0.1, -0.05) is 6.92 Å². The van der Waals surface area contributed by atoms with Gasteiger partial charge in [0, 0.05) is 13.1 Å². The molecular formula is C10H20N4O4. The lowest BCUT2D eigenvalue weighted by Crippen LogP contribution is -2.48. The van der Waals surface area contributed by atoms with Gasteiger partial charge in [0.1, 0.15) is 6.04 Å². The van der Waals surface area contributed by atoms with E-state index in [2.05, 4.69) is 10.6 Å². The fraction of sp³-hybridized carbons (Fsp3) is 0.700. The Bertz CT molecular complexity index is 308. The van der Waals surface area contributed by atoms with Crippen LogP contribution >= 0.6 is 0 Å². The van der Waals surface area contributed by atoms with E-state index in [4.69, 9.17) is 10.8 Å². The minimum absolute atomic E-state index is 0.388. The van der Waals surface area contributed by atoms with Crippen LogP contribution in [0.15, 0.2) is 0 Å². The summed E-state index contributed by atoms with van der Waals surface area (Å²) in [4.78, 5) is 34.7. The predicted molar refractivity (Wildman–Crippen MR) is 64.9 cm³/mol. The number of carbonyl (C=O) groups is 3. The van der Waals surface area contributed by atoms with Crippen molar-refractivity contribution in [2.24, 2.45) is 5.73 Å². The second-order valence-electron chi connectivity index (χ2n) is 3.86. The smallest absolute Gasteiger partial charge is 0.326 e. The molecule has 0 bridgehead atoms. The predicted octanol–water partition coefficient (Wildman–Crippen LogP) is -1.43. The van der Waals surface area contributed by atoms with Gasteiger partial charge in [-0.15, -0.1) is 0 Å². The van der Waals surface area contributed by atoms with Gasteiger partial charge >= 0.3 is 12.0 Å². The maximum atomic E-state index is 11.4. The summed E-state index contributed by atoms with van der Waals surface area (Å²) in [6.07, 6.45) is -0.433. The van der Waals surface area contributed by atoms with Crippen LogP contribution in [0.3, 0.4) is 0 Å². The van der Waals surface area contributed by atoms with Crippen molar-refractivity contribution in [2.75, 3.05) is 26.7 Å². The maximum Gasteiger partial charge on any atom is 0.326 e. The van der Waals surface area contributed by atoms with Crippen molar-refractivity contribution in [1.82, 2.24) is 15.5 Å². The van der Waals surface area contributed by atoms with E-state index in [1.807, 2.05) is 18.9 Å². The number of rotatable bonds is 8. The minimum atomic E-state index is -1.30. The minimum Gasteiger partial charge on any atom is -0.480 e. The quantitative estimate of drug-likeness (QED) is 0.425. The largest absolute Gasteiger partial charge is 0.480 e. The van der Waals surface area contributed by atoms with E-state index in [-0.39, 0.29) is 0 Å². The van der Waals surface area contributed by atoms with Crippen LogP contribution < -0.4 is 16.4 Å². The monoisotopic (exact) mass is 260 g/mol. The van der Waals surface area contributed by atoms with Crippen molar-refractivity contribution >= 4 is 17.9 Å². The van der Waals surface area contributed by atoms with Crippen molar-refractivity contribution in [3.63, 3.8) is 0 Å². The number of hydrogen-bond donors (Lipinski definition) is 4. The molecule has 5 N–H and O–H groups in total. The summed E-state index contributed by atoms with van der Waals surface area (Å²) in [5.41, 5.74) is 4.88. The topological polar surface area (TPSA) is 125 Å². The Morgan fingerprint density at radius 1 is 1.39 bits per heavy atom. The van der Waals surface area contributed by atoms with Crippen LogP contribution in [-0.4, -0.2) is 60.6 Å². The van der Waals surface area contributed by atoms with Gasteiger partial charge in [-0.3, -0.25) is 4.79 Å². The molecule has 0 aliphatic carbocycles. The van der Waals surface area contributed by atoms with Crippen LogP contribution in [-0.2, 0) is 9.59 Å². The number of hydrogen-bond acceptors (Lipinski definition) is 4. The van der Waals surface area contributed by atoms with Crippen LogP contribution in [0.4, 0.5) is 4.79 Å². The number of urea groups is 1. The molecule has 0 radical (unpaired) electrons. The molecule has 0 heterocycles. The first kappa shape index (κ1) is 16.2. The summed E-state index contributed by atoms with van der Waals surface area (Å²) in [6, 6.07) is -1.93. The highest BCUT2D eigenvalue weighted by Gasteiger charge is 2.21. The van der Waals surface area contributed by atoms with E-state index in [1.165, 1.54) is 0 Å². The van der Waals surface area contributed by atoms with E-state index >= 15 is 0 Å². The molecule has 0 aromatic heterocycles. The first-order valence-electron chi connectivity index (χ1n) is 5.60. The molecule has 8 heteroatoms. The number of nitrogens with zero attached hydrogens (tertiary/aromatic N) is 1. The van der Waals surface area contributed by atoms with E-state index in [9.17, 15) is 14.4 Å². The third-order valence-corrected chi connectivity index (χ3v) is 2.33. The number of nitrogens with one attached hydrogen (secondary N) is 2. The van der Waals surface area contributed by atoms with Crippen molar-refractivity contribution in [3.05, 3.63) is 0 Å². The first-order chi connectivity index (χ1) is 8.36. The molecule has 104 valence electrons. The normalized spacial score (nSPS) is 11.9. The van der Waals surface area contributed by atoms with E-state index < -0.39 is 30.4 Å². The molecule has 3 amide bonds. The Morgan fingerprint density at radius 2 is 2.00 bits per heavy atom. The van der Waals surface area contributed by atoms with Gasteiger partial charge < -0.3 is 26.4 Å². The molecule has 0 rings (SSSR count). The fourth-order valence-corrected chi connectivity index (χ4v) is 1.13. The standard InChI is InChI=1S/C10H20N4O4/c1-3-14(2)5-4-12-10(18)13-7(9(16)17)6-8(11)15/h7H,3-6H2,1-2H3,(H2,11,15)(H,16,17)(H2,12,13,18). The summed E-state index contributed by atoms with van der Waals surface area (Å²) in [6.45, 7) is 3.87. The van der Waals surface area contributed by atoms with E-state index in [0.29, 0.717) is 13.1 Å². The molecular weight excluding hydrogens is 240 g/mol. The maximum absolute atomic E-state index is 11.4. The zero-order valence-corrected chi connectivity index (χ0v) is 10.6. The zero-order valence-electron chi connectivity index (χ0n) is 10.6. The van der Waals surface area contributed by atoms with Crippen molar-refractivity contribution < 1.29 is 19.5 Å². The first-order valence-corrected chi connectivity index (χ1v) is 5.60. The molecule has 0 aliphatic heterocycles. The third-order valence-electron chi connectivity index (χ3n) is 2.33. The van der Waals surface area contributed by atoms with E-state index in [1.54, 1.807) is 0 Å². The Morgan fingerprint density at radius 3 is 2.44 bits per heavy atom. The Balaban J connectivity index is 4.03. The van der Waals surface area contributed by atoms with E-state index in [0.717, 1.165) is 6.54 Å². The number of primary amides is 1. The molecule has 1 atom stereocenters. The van der Waals surface area contributed by atoms with Crippen molar-refractivity contribution in [1.29, 1.82) is 0 Å². The number of amides is 3. The van der Waals surface area contributed by atoms with Crippen molar-refractivity contribution in [2.45, 2.75) is 19.4 Å². The average Bonchev–Trinajstić information content (AvgIpc) is 2.27. The number of nitrogens with two attached hydrogens (primary N) is 1. The lowest BCUT2D eigenvalue weighted by Gasteiger charge is -2.16. The Kier molecular flexibility index (Phi) is 7.45. The van der Waals surface area contributed by atoms with Crippen LogP contribution in [0.2, 0.25) is 0 Å². The molecule has 0 aromatic carbocycles. The second kappa shape index (κ2) is 8.29. The van der Waals surface area contributed by atoms with Gasteiger partial charge in [-0.2, -0.15) is 0 Å². The van der Waals surface area contributed by atoms with Crippen LogP contribution in [0, 0.1) is 0 Å². The number of carbonyl (C=O) groups excluding carboxylic acids is 2. The van der Waals surface area contributed by atoms with Gasteiger partial charge in [-0.25, -0.2) is 9.59 Å². The van der Waals surface area contributed by atoms with Crippen LogP contribution in [0.25, 0.3) is 0 Å². The lowest BCUT2D eigenvalue weighted by molar-refractivity contribution is -0.140. The molecule has 0 saturated heterocycles. The number of aliphatic carboxylic acids is 1. The number of carboxylic acid groups (broad SMARTS) is 1. The second-order valence-corrected chi connectivity index (χ2v) is 3.86. The van der Waals surface area contributed by atoms with Gasteiger partial charge in [0.05, 0.1) is 6.42 Å². The summed E-state index contributed by atoms with van der Waals surface area (Å²) in [5, 5.41) is 13.4. The molecule has 18 heavy (non-hydrogen) atoms. The van der Waals surface area contributed by atoms with Crippen molar-refractivity contribution in [3.8, 4) is 0 Å². The van der Waals surface area contributed by atoms with Crippen LogP contribution in [0.1, 0.15) is 13.3 Å². The Hall–Kier alpha value is -1.83. The highest BCUT2D eigenvalue weighted by Crippen LogP contribution is 1.91. The molecule has 8 nitrogen and oxygen atoms in total. The zero-order chi connectivity index (χ0) is 14.1. The molecule has 0 saturated carbocycles. The molecule has 0 spiro atoms. The summed E-state index contributed by atoms with van der Waals surface area (Å²) in [7, 11) is 1.90.